The lowest BCUT2D eigenvalue weighted by molar-refractivity contribution is -0.129. The van der Waals surface area contributed by atoms with Gasteiger partial charge >= 0.3 is 6.03 Å². The maximum atomic E-state index is 13.2. The summed E-state index contributed by atoms with van der Waals surface area (Å²) in [4.78, 5) is 41.6. The van der Waals surface area contributed by atoms with Gasteiger partial charge < -0.3 is 4.90 Å². The molecule has 1 aromatic rings. The van der Waals surface area contributed by atoms with Gasteiger partial charge in [-0.05, 0) is 43.4 Å². The summed E-state index contributed by atoms with van der Waals surface area (Å²) < 4.78 is 0. The molecule has 2 N–H and O–H groups in total. The van der Waals surface area contributed by atoms with Crippen LogP contribution in [0, 0.1) is 0 Å². The van der Waals surface area contributed by atoms with Crippen LogP contribution in [-0.4, -0.2) is 44.9 Å². The highest BCUT2D eigenvalue weighted by atomic mass is 16.5. The minimum Gasteiger partial charge on any atom is -0.308 e. The molecule has 4 rings (SSSR count). The lowest BCUT2D eigenvalue weighted by Crippen LogP contribution is -2.42. The van der Waals surface area contributed by atoms with E-state index in [9.17, 15) is 19.6 Å². The third kappa shape index (κ3) is 3.97. The van der Waals surface area contributed by atoms with E-state index in [4.69, 9.17) is 0 Å². The second-order valence-corrected chi connectivity index (χ2v) is 9.32. The largest absolute Gasteiger partial charge is 0.328 e. The van der Waals surface area contributed by atoms with Crippen LogP contribution in [0.5, 0.6) is 0 Å². The fraction of sp³-hybridized carbons (Fsp3) is 0.480. The molecule has 7 heteroatoms. The van der Waals surface area contributed by atoms with E-state index in [1.54, 1.807) is 29.4 Å². The van der Waals surface area contributed by atoms with Gasteiger partial charge in [0.05, 0.1) is 0 Å². The first-order valence-electron chi connectivity index (χ1n) is 11.4. The Morgan fingerprint density at radius 1 is 1.19 bits per heavy atom. The minimum atomic E-state index is -0.569. The maximum Gasteiger partial charge on any atom is 0.328 e. The van der Waals surface area contributed by atoms with Crippen LogP contribution in [0.2, 0.25) is 0 Å². The molecule has 2 atom stereocenters. The SMILES string of the molecule is CC1C(=O)N(C2CCCCC2)C(=O)N1Cc1ccc(C(=O)NO)c(C2(C)C=CC=CC2)c1. The highest BCUT2D eigenvalue weighted by Gasteiger charge is 2.45. The molecular weight excluding hydrogens is 406 g/mol. The van der Waals surface area contributed by atoms with Crippen molar-refractivity contribution in [3.05, 3.63) is 59.2 Å². The number of urea groups is 1. The molecule has 1 heterocycles. The average molecular weight is 438 g/mol. The smallest absolute Gasteiger partial charge is 0.308 e. The summed E-state index contributed by atoms with van der Waals surface area (Å²) >= 11 is 0. The molecule has 170 valence electrons. The monoisotopic (exact) mass is 437 g/mol. The predicted molar refractivity (Wildman–Crippen MR) is 120 cm³/mol. The quantitative estimate of drug-likeness (QED) is 0.413. The van der Waals surface area contributed by atoms with Gasteiger partial charge in [0.2, 0.25) is 0 Å². The number of nitrogens with one attached hydrogen (secondary N) is 1. The molecule has 1 saturated heterocycles. The topological polar surface area (TPSA) is 90.0 Å². The van der Waals surface area contributed by atoms with E-state index in [0.717, 1.165) is 43.2 Å². The Morgan fingerprint density at radius 2 is 1.94 bits per heavy atom. The van der Waals surface area contributed by atoms with Crippen molar-refractivity contribution < 1.29 is 19.6 Å². The first-order valence-corrected chi connectivity index (χ1v) is 11.4. The van der Waals surface area contributed by atoms with Crippen molar-refractivity contribution in [3.63, 3.8) is 0 Å². The molecule has 0 radical (unpaired) electrons. The van der Waals surface area contributed by atoms with Gasteiger partial charge in [-0.2, -0.15) is 0 Å². The first kappa shape index (κ1) is 22.3. The van der Waals surface area contributed by atoms with Crippen molar-refractivity contribution in [2.45, 2.75) is 76.4 Å². The summed E-state index contributed by atoms with van der Waals surface area (Å²) in [6, 6.07) is 4.65. The number of allylic oxidation sites excluding steroid dienone is 4. The van der Waals surface area contributed by atoms with E-state index in [1.807, 2.05) is 37.3 Å². The van der Waals surface area contributed by atoms with Crippen molar-refractivity contribution in [1.82, 2.24) is 15.3 Å². The summed E-state index contributed by atoms with van der Waals surface area (Å²) in [6.07, 6.45) is 13.7. The lowest BCUT2D eigenvalue weighted by Gasteiger charge is -2.30. The molecule has 7 nitrogen and oxygen atoms in total. The van der Waals surface area contributed by atoms with Crippen LogP contribution < -0.4 is 5.48 Å². The van der Waals surface area contributed by atoms with Gasteiger partial charge in [0.15, 0.2) is 0 Å². The van der Waals surface area contributed by atoms with Gasteiger partial charge in [-0.3, -0.25) is 19.7 Å². The molecule has 2 fully saturated rings. The number of nitrogens with zero attached hydrogens (tertiary/aromatic N) is 2. The van der Waals surface area contributed by atoms with E-state index in [2.05, 4.69) is 0 Å². The fourth-order valence-electron chi connectivity index (χ4n) is 5.16. The van der Waals surface area contributed by atoms with Crippen LogP contribution in [0.3, 0.4) is 0 Å². The molecule has 0 spiro atoms. The van der Waals surface area contributed by atoms with Crippen LogP contribution in [0.1, 0.15) is 73.9 Å². The summed E-state index contributed by atoms with van der Waals surface area (Å²) in [6.45, 7) is 4.12. The normalized spacial score (nSPS) is 26.2. The van der Waals surface area contributed by atoms with Crippen molar-refractivity contribution in [3.8, 4) is 0 Å². The van der Waals surface area contributed by atoms with E-state index in [0.29, 0.717) is 18.5 Å². The van der Waals surface area contributed by atoms with E-state index in [1.165, 1.54) is 4.90 Å². The Hall–Kier alpha value is -2.93. The maximum absolute atomic E-state index is 13.2. The second-order valence-electron chi connectivity index (χ2n) is 9.32. The van der Waals surface area contributed by atoms with Gasteiger partial charge in [0.1, 0.15) is 6.04 Å². The Bertz CT molecular complexity index is 979. The van der Waals surface area contributed by atoms with Crippen molar-refractivity contribution in [1.29, 1.82) is 0 Å². The van der Waals surface area contributed by atoms with Crippen LogP contribution in [0.4, 0.5) is 4.79 Å². The van der Waals surface area contributed by atoms with Gasteiger partial charge in [0, 0.05) is 23.6 Å². The molecule has 2 aliphatic carbocycles. The van der Waals surface area contributed by atoms with Crippen molar-refractivity contribution >= 4 is 17.8 Å². The standard InChI is InChI=1S/C25H31N3O4/c1-17-23(30)28(19-9-5-3-6-10-19)24(31)27(17)16-18-11-12-20(22(29)26-32)21(15-18)25(2)13-7-4-8-14-25/h4,7-8,11-13,15,17,19,32H,3,5-6,9-10,14,16H2,1-2H3,(H,26,29). The number of carbonyl (C=O) groups is 3. The van der Waals surface area contributed by atoms with Crippen LogP contribution >= 0.6 is 0 Å². The van der Waals surface area contributed by atoms with Crippen LogP contribution in [-0.2, 0) is 16.8 Å². The molecule has 4 amide bonds. The zero-order chi connectivity index (χ0) is 22.9. The molecule has 1 aromatic carbocycles. The number of hydrogen-bond acceptors (Lipinski definition) is 4. The number of imide groups is 1. The predicted octanol–water partition coefficient (Wildman–Crippen LogP) is 4.06. The Kier molecular flexibility index (Phi) is 6.20. The Morgan fingerprint density at radius 3 is 2.59 bits per heavy atom. The summed E-state index contributed by atoms with van der Waals surface area (Å²) in [5, 5.41) is 9.22. The number of carbonyl (C=O) groups excluding carboxylic acids is 3. The molecule has 3 aliphatic rings. The van der Waals surface area contributed by atoms with Gasteiger partial charge in [-0.1, -0.05) is 62.6 Å². The molecule has 0 bridgehead atoms. The van der Waals surface area contributed by atoms with E-state index < -0.39 is 17.4 Å². The average Bonchev–Trinajstić information content (AvgIpc) is 3.02. The number of benzene rings is 1. The molecule has 32 heavy (non-hydrogen) atoms. The Balaban J connectivity index is 1.63. The van der Waals surface area contributed by atoms with Gasteiger partial charge in [-0.15, -0.1) is 0 Å². The number of hydroxylamine groups is 1. The molecule has 2 unspecified atom stereocenters. The molecular formula is C25H31N3O4. The van der Waals surface area contributed by atoms with Gasteiger partial charge in [0.25, 0.3) is 11.8 Å². The molecule has 0 aromatic heterocycles. The number of amides is 4. The van der Waals surface area contributed by atoms with Gasteiger partial charge in [-0.25, -0.2) is 10.3 Å². The minimum absolute atomic E-state index is 0.000427. The molecule has 1 aliphatic heterocycles. The van der Waals surface area contributed by atoms with Crippen molar-refractivity contribution in [2.75, 3.05) is 0 Å². The van der Waals surface area contributed by atoms with Crippen LogP contribution in [0.25, 0.3) is 0 Å². The zero-order valence-electron chi connectivity index (χ0n) is 18.7. The third-order valence-corrected chi connectivity index (χ3v) is 7.11. The summed E-state index contributed by atoms with van der Waals surface area (Å²) in [7, 11) is 0. The highest BCUT2D eigenvalue weighted by Crippen LogP contribution is 2.36. The molecule has 1 saturated carbocycles. The Labute approximate surface area is 188 Å². The fourth-order valence-corrected chi connectivity index (χ4v) is 5.16. The first-order chi connectivity index (χ1) is 15.4. The van der Waals surface area contributed by atoms with Crippen LogP contribution in [0.15, 0.2) is 42.5 Å². The second kappa shape index (κ2) is 8.90. The third-order valence-electron chi connectivity index (χ3n) is 7.11. The number of rotatable bonds is 5. The highest BCUT2D eigenvalue weighted by molar-refractivity contribution is 6.04. The lowest BCUT2D eigenvalue weighted by atomic mass is 9.74. The van der Waals surface area contributed by atoms with E-state index in [-0.39, 0.29) is 18.0 Å². The van der Waals surface area contributed by atoms with E-state index >= 15 is 0 Å². The van der Waals surface area contributed by atoms with Crippen molar-refractivity contribution in [2.24, 2.45) is 0 Å². The summed E-state index contributed by atoms with van der Waals surface area (Å²) in [5.74, 6) is -0.689. The summed E-state index contributed by atoms with van der Waals surface area (Å²) in [5.41, 5.74) is 3.32. The number of hydrogen-bond donors (Lipinski definition) is 2. The zero-order valence-corrected chi connectivity index (χ0v) is 18.7.